The van der Waals surface area contributed by atoms with Gasteiger partial charge in [-0.25, -0.2) is 0 Å². The monoisotopic (exact) mass is 417 g/mol. The molecule has 0 unspecified atom stereocenters. The van der Waals surface area contributed by atoms with Crippen molar-refractivity contribution in [3.63, 3.8) is 0 Å². The number of carbonyl (C=O) groups excluding carboxylic acids is 1. The average Bonchev–Trinajstić information content (AvgIpc) is 2.42. The summed E-state index contributed by atoms with van der Waals surface area (Å²) in [6.45, 7) is -0.108. The third-order valence-corrected chi connectivity index (χ3v) is 3.89. The summed E-state index contributed by atoms with van der Waals surface area (Å²) in [4.78, 5) is 11.8. The number of rotatable bonds is 4. The standard InChI is InChI=1S/C14H10Br2ClNO2/c15-9-5-6-10(16)12(7-9)18-14(19)8-20-13-4-2-1-3-11(13)17/h1-7H,8H2,(H,18,19). The minimum atomic E-state index is -0.260. The van der Waals surface area contributed by atoms with E-state index in [1.165, 1.54) is 0 Å². The second-order valence-electron chi connectivity index (χ2n) is 3.89. The van der Waals surface area contributed by atoms with Crippen molar-refractivity contribution >= 4 is 55.1 Å². The molecule has 0 aliphatic rings. The molecule has 0 aliphatic carbocycles. The summed E-state index contributed by atoms with van der Waals surface area (Å²) in [5.41, 5.74) is 0.673. The number of nitrogens with one attached hydrogen (secondary N) is 1. The van der Waals surface area contributed by atoms with Gasteiger partial charge in [-0.3, -0.25) is 4.79 Å². The van der Waals surface area contributed by atoms with Crippen LogP contribution in [0.15, 0.2) is 51.4 Å². The summed E-state index contributed by atoms with van der Waals surface area (Å²) >= 11 is 12.7. The molecule has 0 atom stereocenters. The molecule has 2 aromatic rings. The highest BCUT2D eigenvalue weighted by Crippen LogP contribution is 2.26. The molecule has 2 aromatic carbocycles. The zero-order chi connectivity index (χ0) is 14.5. The molecule has 3 nitrogen and oxygen atoms in total. The molecule has 0 spiro atoms. The lowest BCUT2D eigenvalue weighted by molar-refractivity contribution is -0.118. The molecule has 0 aromatic heterocycles. The molecule has 0 bridgehead atoms. The van der Waals surface area contributed by atoms with E-state index in [0.717, 1.165) is 8.95 Å². The minimum absolute atomic E-state index is 0.108. The molecule has 0 radical (unpaired) electrons. The lowest BCUT2D eigenvalue weighted by Crippen LogP contribution is -2.20. The summed E-state index contributed by atoms with van der Waals surface area (Å²) in [6, 6.07) is 12.5. The van der Waals surface area contributed by atoms with E-state index in [1.54, 1.807) is 30.3 Å². The Balaban J connectivity index is 1.96. The van der Waals surface area contributed by atoms with Gasteiger partial charge in [0.25, 0.3) is 5.91 Å². The van der Waals surface area contributed by atoms with Crippen LogP contribution in [0.1, 0.15) is 0 Å². The van der Waals surface area contributed by atoms with Crippen molar-refractivity contribution in [2.24, 2.45) is 0 Å². The van der Waals surface area contributed by atoms with Gasteiger partial charge < -0.3 is 10.1 Å². The number of anilines is 1. The molecule has 20 heavy (non-hydrogen) atoms. The number of hydrogen-bond donors (Lipinski definition) is 1. The Hall–Kier alpha value is -1.04. The number of amides is 1. The third kappa shape index (κ3) is 4.23. The van der Waals surface area contributed by atoms with E-state index in [-0.39, 0.29) is 12.5 Å². The highest BCUT2D eigenvalue weighted by atomic mass is 79.9. The predicted octanol–water partition coefficient (Wildman–Crippen LogP) is 4.88. The molecule has 2 rings (SSSR count). The number of para-hydroxylation sites is 1. The zero-order valence-electron chi connectivity index (χ0n) is 10.2. The summed E-state index contributed by atoms with van der Waals surface area (Å²) < 4.78 is 7.05. The van der Waals surface area contributed by atoms with Crippen molar-refractivity contribution in [3.8, 4) is 5.75 Å². The fraction of sp³-hybridized carbons (Fsp3) is 0.0714. The van der Waals surface area contributed by atoms with Crippen LogP contribution in [-0.2, 0) is 4.79 Å². The quantitative estimate of drug-likeness (QED) is 0.767. The van der Waals surface area contributed by atoms with Crippen LogP contribution in [0.2, 0.25) is 5.02 Å². The van der Waals surface area contributed by atoms with Gasteiger partial charge in [0, 0.05) is 8.95 Å². The van der Waals surface area contributed by atoms with Crippen LogP contribution in [0.5, 0.6) is 5.75 Å². The first-order valence-electron chi connectivity index (χ1n) is 5.68. The molecular weight excluding hydrogens is 409 g/mol. The van der Waals surface area contributed by atoms with Crippen LogP contribution in [0.25, 0.3) is 0 Å². The number of benzene rings is 2. The maximum absolute atomic E-state index is 11.8. The molecule has 0 saturated heterocycles. The minimum Gasteiger partial charge on any atom is -0.482 e. The lowest BCUT2D eigenvalue weighted by Gasteiger charge is -2.10. The van der Waals surface area contributed by atoms with Gasteiger partial charge >= 0.3 is 0 Å². The Morgan fingerprint density at radius 3 is 2.70 bits per heavy atom. The molecule has 0 aliphatic heterocycles. The number of ether oxygens (including phenoxy) is 1. The van der Waals surface area contributed by atoms with Crippen LogP contribution < -0.4 is 10.1 Å². The van der Waals surface area contributed by atoms with Crippen molar-refractivity contribution in [2.45, 2.75) is 0 Å². The Labute approximate surface area is 138 Å². The largest absolute Gasteiger partial charge is 0.482 e. The highest BCUT2D eigenvalue weighted by Gasteiger charge is 2.08. The summed E-state index contributed by atoms with van der Waals surface area (Å²) in [5.74, 6) is 0.223. The maximum atomic E-state index is 11.8. The Kier molecular flexibility index (Phi) is 5.46. The number of carbonyl (C=O) groups is 1. The SMILES string of the molecule is O=C(COc1ccccc1Cl)Nc1cc(Br)ccc1Br. The van der Waals surface area contributed by atoms with Crippen LogP contribution >= 0.6 is 43.5 Å². The average molecular weight is 420 g/mol. The van der Waals surface area contributed by atoms with Crippen LogP contribution in [0.3, 0.4) is 0 Å². The first-order chi connectivity index (χ1) is 9.56. The molecule has 0 heterocycles. The van der Waals surface area contributed by atoms with Crippen LogP contribution in [0.4, 0.5) is 5.69 Å². The van der Waals surface area contributed by atoms with Gasteiger partial charge in [0.2, 0.25) is 0 Å². The second-order valence-corrected chi connectivity index (χ2v) is 6.07. The van der Waals surface area contributed by atoms with Crippen molar-refractivity contribution in [3.05, 3.63) is 56.4 Å². The van der Waals surface area contributed by atoms with E-state index in [1.807, 2.05) is 12.1 Å². The summed E-state index contributed by atoms with van der Waals surface area (Å²) in [6.07, 6.45) is 0. The highest BCUT2D eigenvalue weighted by molar-refractivity contribution is 9.11. The zero-order valence-corrected chi connectivity index (χ0v) is 14.1. The molecule has 0 saturated carbocycles. The van der Waals surface area contributed by atoms with E-state index in [0.29, 0.717) is 16.5 Å². The lowest BCUT2D eigenvalue weighted by atomic mass is 10.3. The van der Waals surface area contributed by atoms with Gasteiger partial charge in [0.15, 0.2) is 6.61 Å². The van der Waals surface area contributed by atoms with E-state index in [2.05, 4.69) is 37.2 Å². The summed E-state index contributed by atoms with van der Waals surface area (Å²) in [5, 5.41) is 3.23. The fourth-order valence-corrected chi connectivity index (χ4v) is 2.38. The van der Waals surface area contributed by atoms with Crippen molar-refractivity contribution in [1.82, 2.24) is 0 Å². The molecular formula is C14H10Br2ClNO2. The molecule has 104 valence electrons. The van der Waals surface area contributed by atoms with Crippen LogP contribution in [-0.4, -0.2) is 12.5 Å². The van der Waals surface area contributed by atoms with Crippen molar-refractivity contribution < 1.29 is 9.53 Å². The number of hydrogen-bond acceptors (Lipinski definition) is 2. The third-order valence-electron chi connectivity index (χ3n) is 2.40. The first kappa shape index (κ1) is 15.4. The molecule has 1 N–H and O–H groups in total. The molecule has 6 heteroatoms. The Morgan fingerprint density at radius 2 is 1.95 bits per heavy atom. The smallest absolute Gasteiger partial charge is 0.262 e. The van der Waals surface area contributed by atoms with E-state index < -0.39 is 0 Å². The van der Waals surface area contributed by atoms with Gasteiger partial charge in [-0.05, 0) is 46.3 Å². The Morgan fingerprint density at radius 1 is 1.20 bits per heavy atom. The second kappa shape index (κ2) is 7.11. The number of halogens is 3. The van der Waals surface area contributed by atoms with E-state index in [4.69, 9.17) is 16.3 Å². The maximum Gasteiger partial charge on any atom is 0.262 e. The Bertz CT molecular complexity index is 634. The van der Waals surface area contributed by atoms with Gasteiger partial charge in [-0.2, -0.15) is 0 Å². The van der Waals surface area contributed by atoms with Gasteiger partial charge in [0.05, 0.1) is 10.7 Å². The summed E-state index contributed by atoms with van der Waals surface area (Å²) in [7, 11) is 0. The fourth-order valence-electron chi connectivity index (χ4n) is 1.48. The van der Waals surface area contributed by atoms with E-state index >= 15 is 0 Å². The van der Waals surface area contributed by atoms with Gasteiger partial charge in [0.1, 0.15) is 5.75 Å². The van der Waals surface area contributed by atoms with Crippen molar-refractivity contribution in [1.29, 1.82) is 0 Å². The van der Waals surface area contributed by atoms with Gasteiger partial charge in [-0.15, -0.1) is 0 Å². The first-order valence-corrected chi connectivity index (χ1v) is 7.65. The predicted molar refractivity (Wildman–Crippen MR) is 87.4 cm³/mol. The topological polar surface area (TPSA) is 38.3 Å². The molecule has 0 fully saturated rings. The normalized spacial score (nSPS) is 10.2. The van der Waals surface area contributed by atoms with Gasteiger partial charge in [-0.1, -0.05) is 39.7 Å². The van der Waals surface area contributed by atoms with Crippen LogP contribution in [0, 0.1) is 0 Å². The van der Waals surface area contributed by atoms with E-state index in [9.17, 15) is 4.79 Å². The molecule has 1 amide bonds. The van der Waals surface area contributed by atoms with Crippen molar-refractivity contribution in [2.75, 3.05) is 11.9 Å².